The third kappa shape index (κ3) is 4.18. The SMILES string of the molecule is CC1(C)CC(O)CC(C)(C)N1OC1CCCCC1.[Cu]. The number of hydrogen-bond donors (Lipinski definition) is 1. The predicted molar refractivity (Wildman–Crippen MR) is 73.2 cm³/mol. The predicted octanol–water partition coefficient (Wildman–Crippen LogP) is 3.26. The van der Waals surface area contributed by atoms with Crippen LogP contribution in [-0.2, 0) is 21.9 Å². The molecule has 0 spiro atoms. The Bertz CT molecular complexity index is 270. The zero-order chi connectivity index (χ0) is 13.4. The van der Waals surface area contributed by atoms with Gasteiger partial charge in [0.1, 0.15) is 0 Å². The first-order valence-corrected chi connectivity index (χ1v) is 7.46. The summed E-state index contributed by atoms with van der Waals surface area (Å²) in [4.78, 5) is 6.33. The summed E-state index contributed by atoms with van der Waals surface area (Å²) in [5.41, 5.74) is -0.169. The van der Waals surface area contributed by atoms with Gasteiger partial charge in [0.05, 0.1) is 12.2 Å². The second-order valence-corrected chi connectivity index (χ2v) is 7.35. The summed E-state index contributed by atoms with van der Waals surface area (Å²) < 4.78 is 0. The maximum absolute atomic E-state index is 10.0. The third-order valence-electron chi connectivity index (χ3n) is 4.38. The van der Waals surface area contributed by atoms with Crippen LogP contribution >= 0.6 is 0 Å². The number of piperidine rings is 1. The first kappa shape index (κ1) is 17.5. The van der Waals surface area contributed by atoms with E-state index in [9.17, 15) is 5.11 Å². The molecule has 1 heterocycles. The first-order chi connectivity index (χ1) is 8.31. The van der Waals surface area contributed by atoms with Crippen molar-refractivity contribution in [3.63, 3.8) is 0 Å². The van der Waals surface area contributed by atoms with Gasteiger partial charge in [-0.25, -0.2) is 0 Å². The van der Waals surface area contributed by atoms with E-state index in [2.05, 4.69) is 32.8 Å². The van der Waals surface area contributed by atoms with E-state index in [1.807, 2.05) is 0 Å². The molecule has 2 rings (SSSR count). The fourth-order valence-electron chi connectivity index (χ4n) is 3.82. The normalized spacial score (nSPS) is 28.9. The zero-order valence-corrected chi connectivity index (χ0v) is 13.7. The standard InChI is InChI=1S/C15H29NO2.Cu/c1-14(2)10-12(17)11-15(3,4)16(14)18-13-8-6-5-7-9-13;/h12-13,17H,5-11H2,1-4H3;. The van der Waals surface area contributed by atoms with Crippen molar-refractivity contribution in [3.8, 4) is 0 Å². The Balaban J connectivity index is 0.00000180. The Morgan fingerprint density at radius 1 is 0.947 bits per heavy atom. The van der Waals surface area contributed by atoms with Crippen molar-refractivity contribution in [2.75, 3.05) is 0 Å². The van der Waals surface area contributed by atoms with Crippen LogP contribution in [0.1, 0.15) is 72.6 Å². The van der Waals surface area contributed by atoms with Gasteiger partial charge in [-0.2, -0.15) is 5.06 Å². The van der Waals surface area contributed by atoms with Crippen LogP contribution in [0.5, 0.6) is 0 Å². The van der Waals surface area contributed by atoms with Crippen molar-refractivity contribution in [3.05, 3.63) is 0 Å². The van der Waals surface area contributed by atoms with Gasteiger partial charge in [0, 0.05) is 28.1 Å². The van der Waals surface area contributed by atoms with Gasteiger partial charge in [-0.3, -0.25) is 4.84 Å². The number of rotatable bonds is 2. The minimum atomic E-state index is -0.207. The second-order valence-electron chi connectivity index (χ2n) is 7.35. The molecule has 2 fully saturated rings. The second kappa shape index (κ2) is 6.44. The number of hydroxylamine groups is 2. The summed E-state index contributed by atoms with van der Waals surface area (Å²) in [7, 11) is 0. The Hall–Kier alpha value is 0.399. The van der Waals surface area contributed by atoms with E-state index in [1.54, 1.807) is 0 Å². The van der Waals surface area contributed by atoms with Gasteiger partial charge in [-0.15, -0.1) is 0 Å². The van der Waals surface area contributed by atoms with E-state index in [-0.39, 0.29) is 34.3 Å². The molecule has 1 N–H and O–H groups in total. The van der Waals surface area contributed by atoms with Gasteiger partial charge in [0.15, 0.2) is 0 Å². The van der Waals surface area contributed by atoms with E-state index in [0.717, 1.165) is 12.8 Å². The average Bonchev–Trinajstić information content (AvgIpc) is 2.23. The summed E-state index contributed by atoms with van der Waals surface area (Å²) in [5, 5.41) is 12.2. The van der Waals surface area contributed by atoms with E-state index >= 15 is 0 Å². The van der Waals surface area contributed by atoms with Crippen LogP contribution in [0.2, 0.25) is 0 Å². The molecule has 4 heteroatoms. The van der Waals surface area contributed by atoms with Crippen LogP contribution in [0, 0.1) is 0 Å². The van der Waals surface area contributed by atoms with Crippen molar-refractivity contribution in [1.29, 1.82) is 0 Å². The Labute approximate surface area is 128 Å². The van der Waals surface area contributed by atoms with Crippen molar-refractivity contribution in [1.82, 2.24) is 5.06 Å². The fraction of sp³-hybridized carbons (Fsp3) is 1.00. The Morgan fingerprint density at radius 3 is 1.89 bits per heavy atom. The molecule has 3 nitrogen and oxygen atoms in total. The zero-order valence-electron chi connectivity index (χ0n) is 12.7. The van der Waals surface area contributed by atoms with Gasteiger partial charge in [-0.1, -0.05) is 19.3 Å². The summed E-state index contributed by atoms with van der Waals surface area (Å²) in [5.74, 6) is 0. The van der Waals surface area contributed by atoms with Gasteiger partial charge in [0.25, 0.3) is 0 Å². The quantitative estimate of drug-likeness (QED) is 0.793. The molecular formula is C15H29CuNO2. The number of aliphatic hydroxyl groups excluding tert-OH is 1. The molecule has 1 aliphatic carbocycles. The molecule has 1 aliphatic heterocycles. The number of hydrogen-bond acceptors (Lipinski definition) is 3. The van der Waals surface area contributed by atoms with E-state index < -0.39 is 0 Å². The van der Waals surface area contributed by atoms with Crippen LogP contribution in [-0.4, -0.2) is 33.5 Å². The van der Waals surface area contributed by atoms with Crippen LogP contribution in [0.4, 0.5) is 0 Å². The molecule has 0 atom stereocenters. The summed E-state index contributed by atoms with van der Waals surface area (Å²) >= 11 is 0. The van der Waals surface area contributed by atoms with Crippen LogP contribution in [0.3, 0.4) is 0 Å². The van der Waals surface area contributed by atoms with Crippen molar-refractivity contribution < 1.29 is 27.0 Å². The van der Waals surface area contributed by atoms with Gasteiger partial charge < -0.3 is 5.11 Å². The molecule has 2 aliphatic rings. The number of nitrogens with zero attached hydrogens (tertiary/aromatic N) is 1. The maximum Gasteiger partial charge on any atom is 0.0793 e. The fourth-order valence-corrected chi connectivity index (χ4v) is 3.82. The number of aliphatic hydroxyl groups is 1. The molecular weight excluding hydrogens is 290 g/mol. The summed E-state index contributed by atoms with van der Waals surface area (Å²) in [6.45, 7) is 8.72. The molecule has 0 aromatic heterocycles. The Morgan fingerprint density at radius 2 is 1.42 bits per heavy atom. The van der Waals surface area contributed by atoms with E-state index in [4.69, 9.17) is 4.84 Å². The molecule has 1 saturated heterocycles. The molecule has 0 bridgehead atoms. The third-order valence-corrected chi connectivity index (χ3v) is 4.38. The summed E-state index contributed by atoms with van der Waals surface area (Å²) in [6.07, 6.45) is 8.08. The first-order valence-electron chi connectivity index (χ1n) is 7.46. The molecule has 1 saturated carbocycles. The van der Waals surface area contributed by atoms with Crippen LogP contribution in [0.15, 0.2) is 0 Å². The molecule has 0 amide bonds. The average molecular weight is 319 g/mol. The van der Waals surface area contributed by atoms with E-state index in [1.165, 1.54) is 32.1 Å². The minimum Gasteiger partial charge on any atom is -0.393 e. The molecule has 117 valence electrons. The summed E-state index contributed by atoms with van der Waals surface area (Å²) in [6, 6.07) is 0. The molecule has 0 aromatic carbocycles. The van der Waals surface area contributed by atoms with Gasteiger partial charge in [-0.05, 0) is 53.4 Å². The topological polar surface area (TPSA) is 32.7 Å². The van der Waals surface area contributed by atoms with Crippen molar-refractivity contribution in [2.24, 2.45) is 0 Å². The van der Waals surface area contributed by atoms with Crippen LogP contribution in [0.25, 0.3) is 0 Å². The largest absolute Gasteiger partial charge is 0.393 e. The van der Waals surface area contributed by atoms with Crippen molar-refractivity contribution >= 4 is 0 Å². The van der Waals surface area contributed by atoms with E-state index in [0.29, 0.717) is 6.10 Å². The monoisotopic (exact) mass is 318 g/mol. The van der Waals surface area contributed by atoms with Gasteiger partial charge >= 0.3 is 0 Å². The van der Waals surface area contributed by atoms with Crippen molar-refractivity contribution in [2.45, 2.75) is 95.9 Å². The van der Waals surface area contributed by atoms with Crippen LogP contribution < -0.4 is 0 Å². The minimum absolute atomic E-state index is 0. The molecule has 19 heavy (non-hydrogen) atoms. The Kier molecular flexibility index (Phi) is 5.92. The molecule has 0 unspecified atom stereocenters. The maximum atomic E-state index is 10.0. The molecule has 0 aromatic rings. The smallest absolute Gasteiger partial charge is 0.0793 e. The van der Waals surface area contributed by atoms with Gasteiger partial charge in [0.2, 0.25) is 0 Å². The molecule has 1 radical (unpaired) electrons.